The summed E-state index contributed by atoms with van der Waals surface area (Å²) in [5.41, 5.74) is 2.98. The fourth-order valence-electron chi connectivity index (χ4n) is 2.00. The van der Waals surface area contributed by atoms with E-state index in [0.717, 1.165) is 22.6 Å². The van der Waals surface area contributed by atoms with Crippen LogP contribution in [0.25, 0.3) is 0 Å². The Bertz CT molecular complexity index is 740. The molecule has 0 N–H and O–H groups in total. The summed E-state index contributed by atoms with van der Waals surface area (Å²) in [4.78, 5) is 8.43. The van der Waals surface area contributed by atoms with E-state index in [4.69, 9.17) is 4.74 Å². The standard InChI is InChI=1S/C19H16N2O/c1-2-6-16(7-3-1)15-22-19-10-4-8-17(12-19)13-21-18-9-5-11-20-14-18/h1-14H,15H2. The molecule has 3 heteroatoms. The number of rotatable bonds is 5. The predicted octanol–water partition coefficient (Wildman–Crippen LogP) is 4.41. The van der Waals surface area contributed by atoms with Gasteiger partial charge in [-0.3, -0.25) is 9.98 Å². The minimum absolute atomic E-state index is 0.560. The van der Waals surface area contributed by atoms with Gasteiger partial charge in [-0.15, -0.1) is 0 Å². The Balaban J connectivity index is 1.66. The molecule has 22 heavy (non-hydrogen) atoms. The van der Waals surface area contributed by atoms with E-state index in [1.165, 1.54) is 0 Å². The van der Waals surface area contributed by atoms with Crippen LogP contribution < -0.4 is 4.74 Å². The van der Waals surface area contributed by atoms with E-state index >= 15 is 0 Å². The van der Waals surface area contributed by atoms with Crippen molar-refractivity contribution in [3.63, 3.8) is 0 Å². The topological polar surface area (TPSA) is 34.5 Å². The van der Waals surface area contributed by atoms with Gasteiger partial charge in [0.1, 0.15) is 12.4 Å². The van der Waals surface area contributed by atoms with Gasteiger partial charge >= 0.3 is 0 Å². The SMILES string of the molecule is C(=Nc1cccnc1)c1cccc(OCc2ccccc2)c1. The minimum Gasteiger partial charge on any atom is -0.489 e. The average Bonchev–Trinajstić information content (AvgIpc) is 2.60. The maximum atomic E-state index is 5.81. The summed E-state index contributed by atoms with van der Waals surface area (Å²) in [6.07, 6.45) is 5.27. The number of hydrogen-bond donors (Lipinski definition) is 0. The zero-order valence-electron chi connectivity index (χ0n) is 12.1. The Labute approximate surface area is 130 Å². The number of aromatic nitrogens is 1. The first-order chi connectivity index (χ1) is 10.9. The summed E-state index contributed by atoms with van der Waals surface area (Å²) in [6, 6.07) is 21.8. The molecule has 3 rings (SSSR count). The van der Waals surface area contributed by atoms with Gasteiger partial charge in [0.15, 0.2) is 0 Å². The molecule has 0 atom stereocenters. The van der Waals surface area contributed by atoms with E-state index in [1.54, 1.807) is 12.4 Å². The Hall–Kier alpha value is -2.94. The molecule has 1 heterocycles. The highest BCUT2D eigenvalue weighted by Gasteiger charge is 1.97. The highest BCUT2D eigenvalue weighted by Crippen LogP contribution is 2.15. The van der Waals surface area contributed by atoms with Crippen LogP contribution in [0.2, 0.25) is 0 Å². The van der Waals surface area contributed by atoms with Crippen LogP contribution in [0.4, 0.5) is 5.69 Å². The smallest absolute Gasteiger partial charge is 0.120 e. The third kappa shape index (κ3) is 4.03. The molecular weight excluding hydrogens is 272 g/mol. The van der Waals surface area contributed by atoms with E-state index in [1.807, 2.05) is 72.9 Å². The van der Waals surface area contributed by atoms with Crippen LogP contribution in [0.15, 0.2) is 84.1 Å². The Morgan fingerprint density at radius 1 is 0.955 bits per heavy atom. The van der Waals surface area contributed by atoms with Crippen molar-refractivity contribution in [1.29, 1.82) is 0 Å². The third-order valence-corrected chi connectivity index (χ3v) is 3.12. The average molecular weight is 288 g/mol. The van der Waals surface area contributed by atoms with Crippen molar-refractivity contribution in [3.05, 3.63) is 90.3 Å². The number of nitrogens with zero attached hydrogens (tertiary/aromatic N) is 2. The molecule has 0 spiro atoms. The molecule has 0 saturated heterocycles. The second kappa shape index (κ2) is 7.18. The van der Waals surface area contributed by atoms with Crippen LogP contribution in [0, 0.1) is 0 Å². The van der Waals surface area contributed by atoms with E-state index < -0.39 is 0 Å². The number of aliphatic imine (C=N–C) groups is 1. The summed E-state index contributed by atoms with van der Waals surface area (Å²) >= 11 is 0. The molecular formula is C19H16N2O. The first kappa shape index (κ1) is 14.0. The fourth-order valence-corrected chi connectivity index (χ4v) is 2.00. The third-order valence-electron chi connectivity index (χ3n) is 3.12. The molecule has 3 nitrogen and oxygen atoms in total. The second-order valence-electron chi connectivity index (χ2n) is 4.82. The molecule has 0 aliphatic heterocycles. The van der Waals surface area contributed by atoms with Gasteiger partial charge in [-0.05, 0) is 35.4 Å². The molecule has 2 aromatic carbocycles. The van der Waals surface area contributed by atoms with Gasteiger partial charge in [-0.1, -0.05) is 42.5 Å². The molecule has 0 fully saturated rings. The molecule has 0 aliphatic carbocycles. The number of hydrogen-bond acceptors (Lipinski definition) is 3. The van der Waals surface area contributed by atoms with Crippen molar-refractivity contribution in [3.8, 4) is 5.75 Å². The van der Waals surface area contributed by atoms with Crippen molar-refractivity contribution < 1.29 is 4.74 Å². The van der Waals surface area contributed by atoms with E-state index in [9.17, 15) is 0 Å². The van der Waals surface area contributed by atoms with Crippen LogP contribution in [-0.4, -0.2) is 11.2 Å². The summed E-state index contributed by atoms with van der Waals surface area (Å²) in [5, 5.41) is 0. The van der Waals surface area contributed by atoms with Crippen molar-refractivity contribution in [2.24, 2.45) is 4.99 Å². The molecule has 0 bridgehead atoms. The van der Waals surface area contributed by atoms with Gasteiger partial charge in [0, 0.05) is 12.4 Å². The second-order valence-corrected chi connectivity index (χ2v) is 4.82. The van der Waals surface area contributed by atoms with Crippen LogP contribution >= 0.6 is 0 Å². The quantitative estimate of drug-likeness (QED) is 0.652. The van der Waals surface area contributed by atoms with Crippen molar-refractivity contribution in [2.45, 2.75) is 6.61 Å². The summed E-state index contributed by atoms with van der Waals surface area (Å²) in [7, 11) is 0. The number of benzene rings is 2. The van der Waals surface area contributed by atoms with Gasteiger partial charge in [0.2, 0.25) is 0 Å². The van der Waals surface area contributed by atoms with Crippen molar-refractivity contribution >= 4 is 11.9 Å². The Kier molecular flexibility index (Phi) is 4.57. The maximum absolute atomic E-state index is 5.81. The predicted molar refractivity (Wildman–Crippen MR) is 88.7 cm³/mol. The first-order valence-corrected chi connectivity index (χ1v) is 7.11. The zero-order chi connectivity index (χ0) is 15.0. The van der Waals surface area contributed by atoms with Crippen LogP contribution in [0.3, 0.4) is 0 Å². The summed E-state index contributed by atoms with van der Waals surface area (Å²) in [6.45, 7) is 0.560. The highest BCUT2D eigenvalue weighted by molar-refractivity contribution is 5.82. The van der Waals surface area contributed by atoms with Gasteiger partial charge in [-0.2, -0.15) is 0 Å². The summed E-state index contributed by atoms with van der Waals surface area (Å²) < 4.78 is 5.81. The fraction of sp³-hybridized carbons (Fsp3) is 0.0526. The largest absolute Gasteiger partial charge is 0.489 e. The zero-order valence-corrected chi connectivity index (χ0v) is 12.1. The van der Waals surface area contributed by atoms with E-state index in [2.05, 4.69) is 9.98 Å². The van der Waals surface area contributed by atoms with Gasteiger partial charge in [0.25, 0.3) is 0 Å². The maximum Gasteiger partial charge on any atom is 0.120 e. The van der Waals surface area contributed by atoms with Gasteiger partial charge < -0.3 is 4.74 Å². The molecule has 1 aromatic heterocycles. The number of ether oxygens (including phenoxy) is 1. The normalized spacial score (nSPS) is 10.7. The monoisotopic (exact) mass is 288 g/mol. The number of pyridine rings is 1. The molecule has 0 radical (unpaired) electrons. The minimum atomic E-state index is 0.560. The van der Waals surface area contributed by atoms with Gasteiger partial charge in [-0.25, -0.2) is 0 Å². The van der Waals surface area contributed by atoms with E-state index in [0.29, 0.717) is 6.61 Å². The molecule has 0 aliphatic rings. The lowest BCUT2D eigenvalue weighted by molar-refractivity contribution is 0.306. The lowest BCUT2D eigenvalue weighted by atomic mass is 10.2. The molecule has 3 aromatic rings. The lowest BCUT2D eigenvalue weighted by Crippen LogP contribution is -1.95. The molecule has 0 amide bonds. The Morgan fingerprint density at radius 3 is 2.68 bits per heavy atom. The summed E-state index contributed by atoms with van der Waals surface area (Å²) in [5.74, 6) is 0.832. The lowest BCUT2D eigenvalue weighted by Gasteiger charge is -2.06. The van der Waals surface area contributed by atoms with Gasteiger partial charge in [0.05, 0.1) is 11.9 Å². The van der Waals surface area contributed by atoms with Crippen LogP contribution in [-0.2, 0) is 6.61 Å². The molecule has 0 saturated carbocycles. The Morgan fingerprint density at radius 2 is 1.86 bits per heavy atom. The highest BCUT2D eigenvalue weighted by atomic mass is 16.5. The molecule has 0 unspecified atom stereocenters. The molecule has 108 valence electrons. The van der Waals surface area contributed by atoms with Crippen molar-refractivity contribution in [1.82, 2.24) is 4.98 Å². The van der Waals surface area contributed by atoms with E-state index in [-0.39, 0.29) is 0 Å². The van der Waals surface area contributed by atoms with Crippen LogP contribution in [0.5, 0.6) is 5.75 Å². The van der Waals surface area contributed by atoms with Crippen molar-refractivity contribution in [2.75, 3.05) is 0 Å². The van der Waals surface area contributed by atoms with Crippen LogP contribution in [0.1, 0.15) is 11.1 Å². The first-order valence-electron chi connectivity index (χ1n) is 7.11.